The van der Waals surface area contributed by atoms with Crippen LogP contribution in [0.4, 0.5) is 0 Å². The largest absolute Gasteiger partial charge is 0.394 e. The van der Waals surface area contributed by atoms with Gasteiger partial charge >= 0.3 is 0 Å². The molecule has 9 heteroatoms. The molecule has 0 aromatic carbocycles. The predicted octanol–water partition coefficient (Wildman–Crippen LogP) is 11.0. The van der Waals surface area contributed by atoms with Gasteiger partial charge in [-0.05, 0) is 51.4 Å². The molecule has 1 aliphatic rings. The maximum atomic E-state index is 12.9. The number of hydrogen-bond acceptors (Lipinski definition) is 8. The second-order valence-electron chi connectivity index (χ2n) is 17.2. The summed E-state index contributed by atoms with van der Waals surface area (Å²) >= 11 is 0. The molecule has 7 atom stereocenters. The van der Waals surface area contributed by atoms with Gasteiger partial charge in [0.25, 0.3) is 0 Å². The third kappa shape index (κ3) is 31.1. The minimum absolute atomic E-state index is 0.138. The standard InChI is InChI=1S/C51H93NO8/c1-3-5-7-9-11-12-13-14-15-16-17-18-19-20-21-22-23-24-25-26-27-28-29-30-31-32-33-34-35-37-39-41-47(55)52-44(45(54)40-38-36-10-8-6-4-2)43-59-51-50(58)49(57)48(56)46(42-53)60-51/h5,7,11-12,14-15,17-18,44-46,48-51,53-54,56-58H,3-4,6,8-10,13,16,19-43H2,1-2H3,(H,52,55)/b7-5-,12-11-,15-14-,18-17-. The van der Waals surface area contributed by atoms with Crippen LogP contribution in [0, 0.1) is 0 Å². The Morgan fingerprint density at radius 1 is 0.583 bits per heavy atom. The fourth-order valence-electron chi connectivity index (χ4n) is 7.74. The fourth-order valence-corrected chi connectivity index (χ4v) is 7.74. The first-order valence-corrected chi connectivity index (χ1v) is 24.8. The molecule has 9 nitrogen and oxygen atoms in total. The summed E-state index contributed by atoms with van der Waals surface area (Å²) < 4.78 is 11.2. The predicted molar refractivity (Wildman–Crippen MR) is 249 cm³/mol. The molecule has 1 heterocycles. The van der Waals surface area contributed by atoms with Crippen molar-refractivity contribution in [3.8, 4) is 0 Å². The van der Waals surface area contributed by atoms with Gasteiger partial charge in [0.2, 0.25) is 5.91 Å². The molecule has 0 saturated carbocycles. The van der Waals surface area contributed by atoms with Crippen molar-refractivity contribution in [3.05, 3.63) is 48.6 Å². The highest BCUT2D eigenvalue weighted by Gasteiger charge is 2.44. The molecule has 0 bridgehead atoms. The van der Waals surface area contributed by atoms with Crippen LogP contribution in [0.2, 0.25) is 0 Å². The number of rotatable bonds is 41. The zero-order chi connectivity index (χ0) is 43.7. The Morgan fingerprint density at radius 2 is 1.03 bits per heavy atom. The number of allylic oxidation sites excluding steroid dienone is 8. The van der Waals surface area contributed by atoms with Crippen molar-refractivity contribution in [2.24, 2.45) is 0 Å². The molecule has 1 rings (SSSR count). The third-order valence-electron chi connectivity index (χ3n) is 11.7. The van der Waals surface area contributed by atoms with Crippen molar-refractivity contribution in [1.82, 2.24) is 5.32 Å². The van der Waals surface area contributed by atoms with E-state index in [1.165, 1.54) is 122 Å². The quantitative estimate of drug-likeness (QED) is 0.0263. The van der Waals surface area contributed by atoms with Gasteiger partial charge in [-0.3, -0.25) is 4.79 Å². The number of amides is 1. The van der Waals surface area contributed by atoms with Gasteiger partial charge in [0.1, 0.15) is 24.4 Å². The van der Waals surface area contributed by atoms with Crippen LogP contribution in [0.15, 0.2) is 48.6 Å². The van der Waals surface area contributed by atoms with E-state index in [1.807, 2.05) is 0 Å². The molecule has 0 aromatic heterocycles. The number of nitrogens with one attached hydrogen (secondary N) is 1. The molecule has 1 fully saturated rings. The lowest BCUT2D eigenvalue weighted by Crippen LogP contribution is -2.60. The molecule has 60 heavy (non-hydrogen) atoms. The van der Waals surface area contributed by atoms with Gasteiger partial charge < -0.3 is 40.3 Å². The maximum Gasteiger partial charge on any atom is 0.220 e. The van der Waals surface area contributed by atoms with E-state index >= 15 is 0 Å². The van der Waals surface area contributed by atoms with Gasteiger partial charge in [0.15, 0.2) is 6.29 Å². The van der Waals surface area contributed by atoms with Crippen LogP contribution < -0.4 is 5.32 Å². The Labute approximate surface area is 367 Å². The van der Waals surface area contributed by atoms with E-state index in [0.29, 0.717) is 12.8 Å². The number of hydrogen-bond donors (Lipinski definition) is 6. The first kappa shape index (κ1) is 56.2. The van der Waals surface area contributed by atoms with Crippen molar-refractivity contribution >= 4 is 5.91 Å². The van der Waals surface area contributed by atoms with Crippen LogP contribution in [0.25, 0.3) is 0 Å². The average Bonchev–Trinajstić information content (AvgIpc) is 3.25. The van der Waals surface area contributed by atoms with Crippen LogP contribution >= 0.6 is 0 Å². The van der Waals surface area contributed by atoms with Gasteiger partial charge in [-0.15, -0.1) is 0 Å². The summed E-state index contributed by atoms with van der Waals surface area (Å²) in [6, 6.07) is -0.714. The highest BCUT2D eigenvalue weighted by molar-refractivity contribution is 5.76. The summed E-state index contributed by atoms with van der Waals surface area (Å²) in [5.74, 6) is -0.149. The number of aliphatic hydroxyl groups is 5. The lowest BCUT2D eigenvalue weighted by Gasteiger charge is -2.40. The minimum atomic E-state index is -1.55. The number of ether oxygens (including phenoxy) is 2. The summed E-state index contributed by atoms with van der Waals surface area (Å²) in [5, 5.41) is 54.0. The summed E-state index contributed by atoms with van der Waals surface area (Å²) in [6.07, 6.45) is 46.1. The summed E-state index contributed by atoms with van der Waals surface area (Å²) in [5.41, 5.74) is 0. The normalized spacial score (nSPS) is 20.9. The first-order valence-electron chi connectivity index (χ1n) is 24.8. The molecule has 1 saturated heterocycles. The van der Waals surface area contributed by atoms with E-state index in [0.717, 1.165) is 64.2 Å². The second kappa shape index (κ2) is 41.2. The van der Waals surface area contributed by atoms with Gasteiger partial charge in [-0.1, -0.05) is 204 Å². The Morgan fingerprint density at radius 3 is 1.53 bits per heavy atom. The van der Waals surface area contributed by atoms with E-state index < -0.39 is 49.5 Å². The molecule has 0 radical (unpaired) electrons. The highest BCUT2D eigenvalue weighted by atomic mass is 16.7. The van der Waals surface area contributed by atoms with Gasteiger partial charge in [-0.2, -0.15) is 0 Å². The lowest BCUT2D eigenvalue weighted by molar-refractivity contribution is -0.302. The Kier molecular flexibility index (Phi) is 38.5. The van der Waals surface area contributed by atoms with Gasteiger partial charge in [-0.25, -0.2) is 0 Å². The molecule has 7 unspecified atom stereocenters. The highest BCUT2D eigenvalue weighted by Crippen LogP contribution is 2.23. The van der Waals surface area contributed by atoms with Crippen molar-refractivity contribution in [3.63, 3.8) is 0 Å². The molecule has 1 aliphatic heterocycles. The first-order chi connectivity index (χ1) is 29.3. The van der Waals surface area contributed by atoms with E-state index in [2.05, 4.69) is 67.8 Å². The molecular formula is C51H93NO8. The van der Waals surface area contributed by atoms with Gasteiger partial charge in [0, 0.05) is 6.42 Å². The van der Waals surface area contributed by atoms with Crippen molar-refractivity contribution in [1.29, 1.82) is 0 Å². The van der Waals surface area contributed by atoms with Crippen LogP contribution in [-0.4, -0.2) is 87.5 Å². The molecule has 0 aliphatic carbocycles. The Hall–Kier alpha value is -1.85. The van der Waals surface area contributed by atoms with Crippen LogP contribution in [-0.2, 0) is 14.3 Å². The molecular weight excluding hydrogens is 755 g/mol. The molecule has 6 N–H and O–H groups in total. The minimum Gasteiger partial charge on any atom is -0.394 e. The topological polar surface area (TPSA) is 149 Å². The second-order valence-corrected chi connectivity index (χ2v) is 17.2. The lowest BCUT2D eigenvalue weighted by atomic mass is 9.99. The SMILES string of the molecule is CC/C=C\C/C=C\C/C=C\C/C=C\CCCCCCCCCCCCCCCCCCCCC(=O)NC(COC1OC(CO)C(O)C(O)C1O)C(O)CCCCCCCC. The van der Waals surface area contributed by atoms with E-state index in [9.17, 15) is 30.3 Å². The van der Waals surface area contributed by atoms with Crippen LogP contribution in [0.3, 0.4) is 0 Å². The fraction of sp³-hybridized carbons (Fsp3) is 0.824. The van der Waals surface area contributed by atoms with Crippen LogP contribution in [0.1, 0.15) is 213 Å². The number of carbonyl (C=O) groups excluding carboxylic acids is 1. The van der Waals surface area contributed by atoms with Crippen LogP contribution in [0.5, 0.6) is 0 Å². The van der Waals surface area contributed by atoms with E-state index in [1.54, 1.807) is 0 Å². The zero-order valence-electron chi connectivity index (χ0n) is 38.5. The molecule has 0 spiro atoms. The average molecular weight is 848 g/mol. The van der Waals surface area contributed by atoms with E-state index in [-0.39, 0.29) is 12.5 Å². The Balaban J connectivity index is 2.05. The zero-order valence-corrected chi connectivity index (χ0v) is 38.5. The van der Waals surface area contributed by atoms with Crippen molar-refractivity contribution in [2.75, 3.05) is 13.2 Å². The van der Waals surface area contributed by atoms with E-state index in [4.69, 9.17) is 9.47 Å². The maximum absolute atomic E-state index is 12.9. The smallest absolute Gasteiger partial charge is 0.220 e. The third-order valence-corrected chi connectivity index (χ3v) is 11.7. The summed E-state index contributed by atoms with van der Waals surface area (Å²) in [4.78, 5) is 12.9. The molecule has 1 amide bonds. The number of unbranched alkanes of at least 4 members (excludes halogenated alkanes) is 23. The molecule has 0 aromatic rings. The van der Waals surface area contributed by atoms with Gasteiger partial charge in [0.05, 0.1) is 25.4 Å². The Bertz CT molecular complexity index is 1080. The number of aliphatic hydroxyl groups excluding tert-OH is 5. The summed E-state index contributed by atoms with van der Waals surface area (Å²) in [6.45, 7) is 3.65. The van der Waals surface area contributed by atoms with Crippen molar-refractivity contribution in [2.45, 2.75) is 256 Å². The van der Waals surface area contributed by atoms with Crippen molar-refractivity contribution < 1.29 is 39.8 Å². The number of carbonyl (C=O) groups is 1. The monoisotopic (exact) mass is 848 g/mol. The summed E-state index contributed by atoms with van der Waals surface area (Å²) in [7, 11) is 0. The molecule has 350 valence electrons.